The van der Waals surface area contributed by atoms with Crippen LogP contribution in [0, 0.1) is 0 Å². The first-order chi connectivity index (χ1) is 16.7. The molecule has 4 aromatic rings. The highest BCUT2D eigenvalue weighted by atomic mass is 32.2. The van der Waals surface area contributed by atoms with Crippen molar-refractivity contribution in [2.45, 2.75) is 25.3 Å². The van der Waals surface area contributed by atoms with Gasteiger partial charge in [-0.2, -0.15) is 0 Å². The first-order valence-corrected chi connectivity index (χ1v) is 13.1. The fourth-order valence-corrected chi connectivity index (χ4v) is 5.39. The lowest BCUT2D eigenvalue weighted by atomic mass is 10.1. The normalized spacial score (nSPS) is 10.9. The summed E-state index contributed by atoms with van der Waals surface area (Å²) in [5.41, 5.74) is 3.31. The van der Waals surface area contributed by atoms with Crippen LogP contribution in [0.2, 0.25) is 0 Å². The predicted octanol–water partition coefficient (Wildman–Crippen LogP) is 5.61. The van der Waals surface area contributed by atoms with Crippen LogP contribution in [0.15, 0.2) is 65.3 Å². The Labute approximate surface area is 207 Å². The summed E-state index contributed by atoms with van der Waals surface area (Å²) in [6, 6.07) is 16.1. The maximum atomic E-state index is 12.5. The van der Waals surface area contributed by atoms with Gasteiger partial charge in [-0.25, -0.2) is 9.97 Å². The lowest BCUT2D eigenvalue weighted by Gasteiger charge is -2.12. The van der Waals surface area contributed by atoms with Gasteiger partial charge in [0.15, 0.2) is 11.5 Å². The van der Waals surface area contributed by atoms with Crippen molar-refractivity contribution in [3.8, 4) is 22.6 Å². The van der Waals surface area contributed by atoms with E-state index in [1.54, 1.807) is 17.7 Å². The molecule has 2 aromatic heterocycles. The number of ether oxygens (including phenoxy) is 2. The SMILES string of the molecule is CCOc1ccc(CCNC(=O)CSc2ncnc3scc(-c4ccccc4)c23)cc1OCC. The average molecular weight is 494 g/mol. The molecule has 0 unspecified atom stereocenters. The topological polar surface area (TPSA) is 73.3 Å². The van der Waals surface area contributed by atoms with E-state index in [0.717, 1.165) is 43.4 Å². The molecular formula is C26H27N3O3S2. The summed E-state index contributed by atoms with van der Waals surface area (Å²) in [6.45, 7) is 5.61. The van der Waals surface area contributed by atoms with Crippen molar-refractivity contribution in [2.24, 2.45) is 0 Å². The second-order valence-corrected chi connectivity index (χ2v) is 9.23. The van der Waals surface area contributed by atoms with Crippen LogP contribution in [-0.2, 0) is 11.2 Å². The fraction of sp³-hybridized carbons (Fsp3) is 0.269. The molecule has 2 aromatic carbocycles. The van der Waals surface area contributed by atoms with Crippen LogP contribution >= 0.6 is 23.1 Å². The summed E-state index contributed by atoms with van der Waals surface area (Å²) in [4.78, 5) is 22.3. The second-order valence-electron chi connectivity index (χ2n) is 7.41. The molecule has 1 N–H and O–H groups in total. The first-order valence-electron chi connectivity index (χ1n) is 11.2. The van der Waals surface area contributed by atoms with Gasteiger partial charge in [0.2, 0.25) is 5.91 Å². The van der Waals surface area contributed by atoms with Crippen LogP contribution in [0.3, 0.4) is 0 Å². The molecule has 0 saturated heterocycles. The number of nitrogens with zero attached hydrogens (tertiary/aromatic N) is 2. The van der Waals surface area contributed by atoms with E-state index >= 15 is 0 Å². The number of hydrogen-bond acceptors (Lipinski definition) is 7. The zero-order valence-corrected chi connectivity index (χ0v) is 20.9. The van der Waals surface area contributed by atoms with Crippen LogP contribution in [-0.4, -0.2) is 41.4 Å². The van der Waals surface area contributed by atoms with E-state index in [1.807, 2.05) is 50.2 Å². The van der Waals surface area contributed by atoms with E-state index in [1.165, 1.54) is 11.8 Å². The Morgan fingerprint density at radius 1 is 1.03 bits per heavy atom. The van der Waals surface area contributed by atoms with Crippen LogP contribution in [0.25, 0.3) is 21.3 Å². The Morgan fingerprint density at radius 3 is 2.62 bits per heavy atom. The molecule has 1 amide bonds. The average Bonchev–Trinajstić information content (AvgIpc) is 3.30. The Kier molecular flexibility index (Phi) is 8.38. The molecule has 4 rings (SSSR count). The smallest absolute Gasteiger partial charge is 0.230 e. The third kappa shape index (κ3) is 5.87. The number of aromatic nitrogens is 2. The standard InChI is InChI=1S/C26H27N3O3S2/c1-3-31-21-11-10-18(14-22(21)32-4-2)12-13-27-23(30)16-34-26-24-20(19-8-6-5-7-9-19)15-33-25(24)28-17-29-26/h5-11,14-15,17H,3-4,12-13,16H2,1-2H3,(H,27,30). The Hall–Kier alpha value is -3.10. The fourth-order valence-electron chi connectivity index (χ4n) is 3.57. The van der Waals surface area contributed by atoms with Gasteiger partial charge in [-0.1, -0.05) is 48.2 Å². The van der Waals surface area contributed by atoms with Gasteiger partial charge in [0, 0.05) is 17.5 Å². The summed E-state index contributed by atoms with van der Waals surface area (Å²) < 4.78 is 11.3. The van der Waals surface area contributed by atoms with E-state index in [2.05, 4.69) is 32.8 Å². The van der Waals surface area contributed by atoms with Crippen LogP contribution in [0.5, 0.6) is 11.5 Å². The number of rotatable bonds is 11. The Bertz CT molecular complexity index is 1240. The molecule has 0 spiro atoms. The lowest BCUT2D eigenvalue weighted by Crippen LogP contribution is -2.27. The van der Waals surface area contributed by atoms with Crippen LogP contribution < -0.4 is 14.8 Å². The van der Waals surface area contributed by atoms with E-state index in [4.69, 9.17) is 9.47 Å². The molecule has 0 atom stereocenters. The van der Waals surface area contributed by atoms with Gasteiger partial charge in [-0.3, -0.25) is 4.79 Å². The van der Waals surface area contributed by atoms with Gasteiger partial charge in [0.1, 0.15) is 16.2 Å². The maximum absolute atomic E-state index is 12.5. The second kappa shape index (κ2) is 11.9. The summed E-state index contributed by atoms with van der Waals surface area (Å²) >= 11 is 3.03. The first kappa shape index (κ1) is 24.0. The molecule has 0 fully saturated rings. The van der Waals surface area contributed by atoms with Crippen LogP contribution in [0.1, 0.15) is 19.4 Å². The van der Waals surface area contributed by atoms with E-state index in [-0.39, 0.29) is 5.91 Å². The van der Waals surface area contributed by atoms with Crippen molar-refractivity contribution in [1.82, 2.24) is 15.3 Å². The molecule has 176 valence electrons. The molecule has 0 aliphatic carbocycles. The third-order valence-corrected chi connectivity index (χ3v) is 6.98. The Morgan fingerprint density at radius 2 is 1.82 bits per heavy atom. The minimum absolute atomic E-state index is 0.0239. The molecule has 0 aliphatic rings. The number of benzene rings is 2. The number of fused-ring (bicyclic) bond motifs is 1. The van der Waals surface area contributed by atoms with Gasteiger partial charge in [-0.05, 0) is 43.5 Å². The highest BCUT2D eigenvalue weighted by molar-refractivity contribution is 8.00. The summed E-state index contributed by atoms with van der Waals surface area (Å²) in [5.74, 6) is 1.75. The van der Waals surface area contributed by atoms with Crippen molar-refractivity contribution in [2.75, 3.05) is 25.5 Å². The predicted molar refractivity (Wildman–Crippen MR) is 139 cm³/mol. The molecule has 2 heterocycles. The largest absolute Gasteiger partial charge is 0.490 e. The van der Waals surface area contributed by atoms with Crippen LogP contribution in [0.4, 0.5) is 0 Å². The lowest BCUT2D eigenvalue weighted by molar-refractivity contribution is -0.118. The number of amides is 1. The van der Waals surface area contributed by atoms with Crippen molar-refractivity contribution in [1.29, 1.82) is 0 Å². The number of thiophene rings is 1. The van der Waals surface area contributed by atoms with E-state index < -0.39 is 0 Å². The third-order valence-electron chi connectivity index (χ3n) is 5.10. The van der Waals surface area contributed by atoms with Gasteiger partial charge >= 0.3 is 0 Å². The summed E-state index contributed by atoms with van der Waals surface area (Å²) in [5, 5.41) is 6.95. The zero-order chi connectivity index (χ0) is 23.8. The number of carbonyl (C=O) groups excluding carboxylic acids is 1. The maximum Gasteiger partial charge on any atom is 0.230 e. The molecule has 34 heavy (non-hydrogen) atoms. The van der Waals surface area contributed by atoms with E-state index in [9.17, 15) is 4.79 Å². The quantitative estimate of drug-likeness (QED) is 0.216. The van der Waals surface area contributed by atoms with Gasteiger partial charge in [0.25, 0.3) is 0 Å². The van der Waals surface area contributed by atoms with Gasteiger partial charge in [0.05, 0.1) is 24.4 Å². The minimum atomic E-state index is -0.0239. The summed E-state index contributed by atoms with van der Waals surface area (Å²) in [7, 11) is 0. The number of nitrogens with one attached hydrogen (secondary N) is 1. The highest BCUT2D eigenvalue weighted by Gasteiger charge is 2.14. The molecular weight excluding hydrogens is 466 g/mol. The van der Waals surface area contributed by atoms with Crippen molar-refractivity contribution < 1.29 is 14.3 Å². The van der Waals surface area contributed by atoms with Crippen molar-refractivity contribution in [3.05, 3.63) is 65.8 Å². The number of carbonyl (C=O) groups is 1. The highest BCUT2D eigenvalue weighted by Crippen LogP contribution is 2.37. The van der Waals surface area contributed by atoms with E-state index in [0.29, 0.717) is 31.9 Å². The summed E-state index contributed by atoms with van der Waals surface area (Å²) in [6.07, 6.45) is 2.28. The minimum Gasteiger partial charge on any atom is -0.490 e. The van der Waals surface area contributed by atoms with Gasteiger partial charge in [-0.15, -0.1) is 11.3 Å². The number of thioether (sulfide) groups is 1. The zero-order valence-electron chi connectivity index (χ0n) is 19.2. The molecule has 0 radical (unpaired) electrons. The van der Waals surface area contributed by atoms with Crippen molar-refractivity contribution in [3.63, 3.8) is 0 Å². The molecule has 0 saturated carbocycles. The monoisotopic (exact) mass is 493 g/mol. The molecule has 0 aliphatic heterocycles. The van der Waals surface area contributed by atoms with Gasteiger partial charge < -0.3 is 14.8 Å². The van der Waals surface area contributed by atoms with Crippen molar-refractivity contribution >= 4 is 39.2 Å². The molecule has 0 bridgehead atoms. The molecule has 8 heteroatoms. The Balaban J connectivity index is 1.35. The molecule has 6 nitrogen and oxygen atoms in total. The number of hydrogen-bond donors (Lipinski definition) is 1.